The van der Waals surface area contributed by atoms with Gasteiger partial charge in [0.2, 0.25) is 0 Å². The number of nitrogens with one attached hydrogen (secondary N) is 2. The number of hydrogen-bond acceptors (Lipinski definition) is 2. The predicted molar refractivity (Wildman–Crippen MR) is 193 cm³/mol. The second-order valence-electron chi connectivity index (χ2n) is 13.0. The maximum atomic E-state index is 13.8. The van der Waals surface area contributed by atoms with Crippen molar-refractivity contribution in [1.29, 1.82) is 0 Å². The normalized spacial score (nSPS) is 12.5. The van der Waals surface area contributed by atoms with E-state index >= 15 is 0 Å². The molecule has 0 aromatic heterocycles. The van der Waals surface area contributed by atoms with Crippen molar-refractivity contribution in [3.8, 4) is 11.1 Å². The molecule has 0 fully saturated rings. The van der Waals surface area contributed by atoms with E-state index in [4.69, 9.17) is 0 Å². The Kier molecular flexibility index (Phi) is 10.9. The lowest BCUT2D eigenvalue weighted by atomic mass is 9.85. The Morgan fingerprint density at radius 3 is 1.67 bits per heavy atom. The number of para-hydroxylation sites is 1. The number of rotatable bonds is 9. The average Bonchev–Trinajstić information content (AvgIpc) is 3.04. The zero-order valence-corrected chi connectivity index (χ0v) is 29.1. The fourth-order valence-corrected chi connectivity index (χ4v) is 6.01. The molecule has 4 aromatic rings. The number of amides is 4. The van der Waals surface area contributed by atoms with Gasteiger partial charge in [-0.05, 0) is 90.1 Å². The number of benzene rings is 4. The lowest BCUT2D eigenvalue weighted by Crippen LogP contribution is -2.34. The smallest absolute Gasteiger partial charge is 0.321 e. The van der Waals surface area contributed by atoms with Crippen LogP contribution in [0.1, 0.15) is 98.8 Å². The van der Waals surface area contributed by atoms with Crippen molar-refractivity contribution in [2.24, 2.45) is 0 Å². The molecule has 0 aliphatic rings. The fraction of sp³-hybridized carbons (Fsp3) is 0.350. The van der Waals surface area contributed by atoms with Gasteiger partial charge < -0.3 is 20.4 Å². The van der Waals surface area contributed by atoms with Crippen molar-refractivity contribution in [2.45, 2.75) is 79.3 Å². The Hall–Kier alpha value is -4.58. The van der Waals surface area contributed by atoms with Crippen molar-refractivity contribution in [1.82, 2.24) is 9.80 Å². The van der Waals surface area contributed by atoms with Crippen LogP contribution in [0.3, 0.4) is 0 Å². The van der Waals surface area contributed by atoms with Crippen LogP contribution >= 0.6 is 0 Å². The summed E-state index contributed by atoms with van der Waals surface area (Å²) in [7, 11) is 3.68. The summed E-state index contributed by atoms with van der Waals surface area (Å²) in [5, 5.41) is 6.44. The van der Waals surface area contributed by atoms with E-state index in [1.807, 2.05) is 96.4 Å². The van der Waals surface area contributed by atoms with Crippen molar-refractivity contribution in [2.75, 3.05) is 24.7 Å². The van der Waals surface area contributed by atoms with Crippen LogP contribution in [0.5, 0.6) is 0 Å². The van der Waals surface area contributed by atoms with Crippen molar-refractivity contribution in [3.63, 3.8) is 0 Å². The van der Waals surface area contributed by atoms with E-state index in [2.05, 4.69) is 68.7 Å². The van der Waals surface area contributed by atoms with Gasteiger partial charge >= 0.3 is 12.1 Å². The van der Waals surface area contributed by atoms with Gasteiger partial charge in [0.1, 0.15) is 0 Å². The Morgan fingerprint density at radius 1 is 0.587 bits per heavy atom. The van der Waals surface area contributed by atoms with Crippen LogP contribution < -0.4 is 10.6 Å². The molecule has 0 radical (unpaired) electrons. The summed E-state index contributed by atoms with van der Waals surface area (Å²) in [6, 6.07) is 28.2. The van der Waals surface area contributed by atoms with E-state index in [0.29, 0.717) is 0 Å². The molecule has 2 atom stereocenters. The standard InChI is InChI=1S/C40H50N4O2/c1-25(2)34-22-23-35(36(26(3)4)38(34)42-40(46)43(9)29(7)31-18-12-11-13-19-31)33-21-15-20-32(24-33)30(8)44(10)39(45)41-37-27(5)16-14-17-28(37)6/h11-26,29-30H,1-10H3,(H,41,45)(H,42,46). The number of nitrogens with zero attached hydrogens (tertiary/aromatic N) is 2. The van der Waals surface area contributed by atoms with Crippen LogP contribution in [-0.2, 0) is 0 Å². The van der Waals surface area contributed by atoms with Crippen LogP contribution in [0, 0.1) is 13.8 Å². The number of carbonyl (C=O) groups is 2. The highest BCUT2D eigenvalue weighted by Gasteiger charge is 2.25. The predicted octanol–water partition coefficient (Wildman–Crippen LogP) is 10.7. The molecular weight excluding hydrogens is 568 g/mol. The molecule has 0 spiro atoms. The van der Waals surface area contributed by atoms with Crippen molar-refractivity contribution < 1.29 is 9.59 Å². The Morgan fingerprint density at radius 2 is 1.11 bits per heavy atom. The zero-order chi connectivity index (χ0) is 33.7. The molecule has 4 rings (SSSR count). The van der Waals surface area contributed by atoms with Gasteiger partial charge in [-0.25, -0.2) is 9.59 Å². The fourth-order valence-electron chi connectivity index (χ4n) is 6.01. The third kappa shape index (κ3) is 7.44. The minimum absolute atomic E-state index is 0.0866. The summed E-state index contributed by atoms with van der Waals surface area (Å²) in [4.78, 5) is 30.6. The largest absolute Gasteiger partial charge is 0.322 e. The second-order valence-corrected chi connectivity index (χ2v) is 13.0. The minimum atomic E-state index is -0.172. The maximum Gasteiger partial charge on any atom is 0.322 e. The Balaban J connectivity index is 1.67. The number of hydrogen-bond donors (Lipinski definition) is 2. The third-order valence-corrected chi connectivity index (χ3v) is 9.19. The first kappa shape index (κ1) is 34.3. The quantitative estimate of drug-likeness (QED) is 0.196. The highest BCUT2D eigenvalue weighted by Crippen LogP contribution is 2.41. The molecule has 6 nitrogen and oxygen atoms in total. The minimum Gasteiger partial charge on any atom is -0.321 e. The van der Waals surface area contributed by atoms with E-state index < -0.39 is 0 Å². The molecule has 4 amide bonds. The zero-order valence-electron chi connectivity index (χ0n) is 29.1. The van der Waals surface area contributed by atoms with Gasteiger partial charge in [-0.15, -0.1) is 0 Å². The van der Waals surface area contributed by atoms with E-state index in [9.17, 15) is 9.59 Å². The Labute approximate surface area is 275 Å². The van der Waals surface area contributed by atoms with Crippen LogP contribution in [-0.4, -0.2) is 36.0 Å². The van der Waals surface area contributed by atoms with E-state index in [-0.39, 0.29) is 36.0 Å². The van der Waals surface area contributed by atoms with Crippen LogP contribution in [0.2, 0.25) is 0 Å². The summed E-state index contributed by atoms with van der Waals surface area (Å²) in [5.41, 5.74) is 10.2. The van der Waals surface area contributed by atoms with Crippen LogP contribution in [0.4, 0.5) is 21.0 Å². The van der Waals surface area contributed by atoms with Gasteiger partial charge in [0, 0.05) is 25.5 Å². The number of anilines is 2. The molecule has 6 heteroatoms. The lowest BCUT2D eigenvalue weighted by Gasteiger charge is -2.29. The highest BCUT2D eigenvalue weighted by molar-refractivity contribution is 5.94. The molecule has 4 aromatic carbocycles. The molecular formula is C40H50N4O2. The molecule has 2 N–H and O–H groups in total. The highest BCUT2D eigenvalue weighted by atomic mass is 16.2. The monoisotopic (exact) mass is 618 g/mol. The SMILES string of the molecule is Cc1cccc(C)c1NC(=O)N(C)C(C)c1cccc(-c2ccc(C(C)C)c(NC(=O)N(C)C(C)c3ccccc3)c2C(C)C)c1. The molecule has 0 bridgehead atoms. The van der Waals surface area contributed by atoms with E-state index in [1.54, 1.807) is 9.80 Å². The molecule has 0 aliphatic carbocycles. The van der Waals surface area contributed by atoms with Crippen molar-refractivity contribution in [3.05, 3.63) is 118 Å². The van der Waals surface area contributed by atoms with Gasteiger partial charge in [0.15, 0.2) is 0 Å². The summed E-state index contributed by atoms with van der Waals surface area (Å²) in [6.45, 7) is 16.8. The van der Waals surface area contributed by atoms with Gasteiger partial charge in [-0.2, -0.15) is 0 Å². The van der Waals surface area contributed by atoms with Crippen LogP contribution in [0.25, 0.3) is 11.1 Å². The number of aryl methyl sites for hydroxylation is 2. The summed E-state index contributed by atoms with van der Waals surface area (Å²) >= 11 is 0. The number of urea groups is 2. The van der Waals surface area contributed by atoms with Gasteiger partial charge in [0.25, 0.3) is 0 Å². The summed E-state index contributed by atoms with van der Waals surface area (Å²) in [6.07, 6.45) is 0. The Bertz CT molecular complexity index is 1660. The molecule has 2 unspecified atom stereocenters. The first-order valence-corrected chi connectivity index (χ1v) is 16.3. The van der Waals surface area contributed by atoms with Crippen LogP contribution in [0.15, 0.2) is 84.9 Å². The van der Waals surface area contributed by atoms with Gasteiger partial charge in [0.05, 0.1) is 12.1 Å². The molecule has 0 saturated carbocycles. The molecule has 0 aliphatic heterocycles. The average molecular weight is 619 g/mol. The first-order chi connectivity index (χ1) is 21.8. The lowest BCUT2D eigenvalue weighted by molar-refractivity contribution is 0.207. The van der Waals surface area contributed by atoms with Gasteiger partial charge in [-0.1, -0.05) is 107 Å². The summed E-state index contributed by atoms with van der Waals surface area (Å²) in [5.74, 6) is 0.363. The summed E-state index contributed by atoms with van der Waals surface area (Å²) < 4.78 is 0. The maximum absolute atomic E-state index is 13.8. The first-order valence-electron chi connectivity index (χ1n) is 16.3. The molecule has 46 heavy (non-hydrogen) atoms. The molecule has 0 heterocycles. The molecule has 242 valence electrons. The van der Waals surface area contributed by atoms with Gasteiger partial charge in [-0.3, -0.25) is 0 Å². The third-order valence-electron chi connectivity index (χ3n) is 9.19. The second kappa shape index (κ2) is 14.7. The molecule has 0 saturated heterocycles. The van der Waals surface area contributed by atoms with Crippen molar-refractivity contribution >= 4 is 23.4 Å². The number of carbonyl (C=O) groups excluding carboxylic acids is 2. The topological polar surface area (TPSA) is 64.7 Å². The van der Waals surface area contributed by atoms with E-state index in [0.717, 1.165) is 55.9 Å². The van der Waals surface area contributed by atoms with E-state index in [1.165, 1.54) is 0 Å².